The second-order valence-corrected chi connectivity index (χ2v) is 8.38. The number of thiophene rings is 1. The lowest BCUT2D eigenvalue weighted by atomic mass is 10.1. The van der Waals surface area contributed by atoms with E-state index in [4.69, 9.17) is 11.6 Å². The minimum absolute atomic E-state index is 0.177. The van der Waals surface area contributed by atoms with Gasteiger partial charge in [-0.1, -0.05) is 17.7 Å². The molecule has 150 valence electrons. The molecule has 0 saturated carbocycles. The van der Waals surface area contributed by atoms with Gasteiger partial charge < -0.3 is 15.5 Å². The second kappa shape index (κ2) is 9.52. The van der Waals surface area contributed by atoms with Gasteiger partial charge in [0.15, 0.2) is 0 Å². The summed E-state index contributed by atoms with van der Waals surface area (Å²) in [6.45, 7) is 6.80. The Morgan fingerprint density at radius 3 is 2.61 bits per heavy atom. The lowest BCUT2D eigenvalue weighted by molar-refractivity contribution is 0.0903. The third kappa shape index (κ3) is 5.32. The van der Waals surface area contributed by atoms with E-state index in [1.807, 2.05) is 11.4 Å². The molecular formula is C20H25ClN4O2S. The van der Waals surface area contributed by atoms with Gasteiger partial charge in [0.1, 0.15) is 0 Å². The maximum Gasteiger partial charge on any atom is 0.265 e. The lowest BCUT2D eigenvalue weighted by Crippen LogP contribution is -2.51. The van der Waals surface area contributed by atoms with Crippen molar-refractivity contribution in [3.63, 3.8) is 0 Å². The van der Waals surface area contributed by atoms with Gasteiger partial charge >= 0.3 is 0 Å². The zero-order chi connectivity index (χ0) is 20.1. The number of likely N-dealkylation sites (N-methyl/N-ethyl adjacent to an activating group) is 1. The molecule has 1 aliphatic heterocycles. The van der Waals surface area contributed by atoms with Crippen LogP contribution in [0.2, 0.25) is 5.02 Å². The molecule has 2 heterocycles. The van der Waals surface area contributed by atoms with Crippen LogP contribution in [0, 0.1) is 0 Å². The van der Waals surface area contributed by atoms with E-state index >= 15 is 0 Å². The molecule has 0 aliphatic carbocycles. The third-order valence-electron chi connectivity index (χ3n) is 4.94. The van der Waals surface area contributed by atoms with E-state index in [2.05, 4.69) is 34.4 Å². The molecule has 1 atom stereocenters. The van der Waals surface area contributed by atoms with Crippen LogP contribution in [0.25, 0.3) is 0 Å². The summed E-state index contributed by atoms with van der Waals surface area (Å²) in [6, 6.07) is 8.73. The summed E-state index contributed by atoms with van der Waals surface area (Å²) < 4.78 is 0. The molecule has 0 spiro atoms. The van der Waals surface area contributed by atoms with Crippen LogP contribution in [-0.4, -0.2) is 67.4 Å². The van der Waals surface area contributed by atoms with E-state index in [-0.39, 0.29) is 17.9 Å². The van der Waals surface area contributed by atoms with Gasteiger partial charge in [0.05, 0.1) is 15.6 Å². The van der Waals surface area contributed by atoms with E-state index in [0.717, 1.165) is 26.2 Å². The van der Waals surface area contributed by atoms with Gasteiger partial charge in [-0.3, -0.25) is 14.5 Å². The zero-order valence-electron chi connectivity index (χ0n) is 16.1. The molecule has 8 heteroatoms. The Kier molecular flexibility index (Phi) is 7.07. The summed E-state index contributed by atoms with van der Waals surface area (Å²) in [6.07, 6.45) is 0. The highest BCUT2D eigenvalue weighted by molar-refractivity contribution is 7.12. The number of carbonyl (C=O) groups is 2. The Hall–Kier alpha value is -1.93. The largest absolute Gasteiger partial charge is 0.350 e. The quantitative estimate of drug-likeness (QED) is 0.754. The topological polar surface area (TPSA) is 64.7 Å². The monoisotopic (exact) mass is 420 g/mol. The SMILES string of the molecule is CC(CNC(=O)c1ccc(Cl)c(NC(=O)c2cccs2)c1)N1CCN(C)CC1. The van der Waals surface area contributed by atoms with Crippen molar-refractivity contribution in [1.82, 2.24) is 15.1 Å². The lowest BCUT2D eigenvalue weighted by Gasteiger charge is -2.36. The summed E-state index contributed by atoms with van der Waals surface area (Å²) in [4.78, 5) is 30.1. The highest BCUT2D eigenvalue weighted by atomic mass is 35.5. The summed E-state index contributed by atoms with van der Waals surface area (Å²) >= 11 is 7.54. The number of hydrogen-bond acceptors (Lipinski definition) is 5. The molecule has 28 heavy (non-hydrogen) atoms. The average Bonchev–Trinajstić information content (AvgIpc) is 3.23. The molecule has 2 N–H and O–H groups in total. The van der Waals surface area contributed by atoms with Crippen molar-refractivity contribution in [2.75, 3.05) is 45.1 Å². The molecule has 2 amide bonds. The number of rotatable bonds is 6. The van der Waals surface area contributed by atoms with Gasteiger partial charge in [-0.2, -0.15) is 0 Å². The summed E-state index contributed by atoms with van der Waals surface area (Å²) in [5.41, 5.74) is 0.899. The van der Waals surface area contributed by atoms with Gasteiger partial charge in [0.25, 0.3) is 11.8 Å². The number of nitrogens with one attached hydrogen (secondary N) is 2. The first kappa shape index (κ1) is 20.8. The Morgan fingerprint density at radius 2 is 1.93 bits per heavy atom. The van der Waals surface area contributed by atoms with Gasteiger partial charge in [0.2, 0.25) is 0 Å². The molecule has 6 nitrogen and oxygen atoms in total. The minimum Gasteiger partial charge on any atom is -0.350 e. The number of piperazine rings is 1. The predicted molar refractivity (Wildman–Crippen MR) is 115 cm³/mol. The normalized spacial score (nSPS) is 16.5. The zero-order valence-corrected chi connectivity index (χ0v) is 17.6. The van der Waals surface area contributed by atoms with Crippen molar-refractivity contribution in [3.8, 4) is 0 Å². The van der Waals surface area contributed by atoms with Crippen LogP contribution in [0.15, 0.2) is 35.7 Å². The molecule has 0 bridgehead atoms. The van der Waals surface area contributed by atoms with E-state index in [0.29, 0.717) is 27.7 Å². The maximum atomic E-state index is 12.6. The molecule has 1 aliphatic rings. The van der Waals surface area contributed by atoms with Crippen molar-refractivity contribution in [1.29, 1.82) is 0 Å². The number of halogens is 1. The van der Waals surface area contributed by atoms with Crippen LogP contribution >= 0.6 is 22.9 Å². The molecule has 3 rings (SSSR count). The molecular weight excluding hydrogens is 396 g/mol. The van der Waals surface area contributed by atoms with Crippen LogP contribution in [0.4, 0.5) is 5.69 Å². The molecule has 0 radical (unpaired) electrons. The number of amides is 2. The first-order chi connectivity index (χ1) is 13.4. The number of carbonyl (C=O) groups excluding carboxylic acids is 2. The number of anilines is 1. The number of nitrogens with zero attached hydrogens (tertiary/aromatic N) is 2. The van der Waals surface area contributed by atoms with E-state index in [9.17, 15) is 9.59 Å². The van der Waals surface area contributed by atoms with Crippen LogP contribution in [0.1, 0.15) is 27.0 Å². The predicted octanol–water partition coefficient (Wildman–Crippen LogP) is 3.02. The molecule has 1 fully saturated rings. The molecule has 1 unspecified atom stereocenters. The number of benzene rings is 1. The molecule has 2 aromatic rings. The van der Waals surface area contributed by atoms with Crippen molar-refractivity contribution in [2.45, 2.75) is 13.0 Å². The van der Waals surface area contributed by atoms with E-state index in [1.54, 1.807) is 24.3 Å². The van der Waals surface area contributed by atoms with Crippen LogP contribution < -0.4 is 10.6 Å². The average molecular weight is 421 g/mol. The Labute approximate surface area is 174 Å². The van der Waals surface area contributed by atoms with E-state index in [1.165, 1.54) is 11.3 Å². The molecule has 1 saturated heterocycles. The highest BCUT2D eigenvalue weighted by Crippen LogP contribution is 2.24. The standard InChI is InChI=1S/C20H25ClN4O2S/c1-14(25-9-7-24(2)8-10-25)13-22-19(26)15-5-6-16(21)17(12-15)23-20(27)18-4-3-11-28-18/h3-6,11-12,14H,7-10,13H2,1-2H3,(H,22,26)(H,23,27). The van der Waals surface area contributed by atoms with Crippen LogP contribution in [-0.2, 0) is 0 Å². The minimum atomic E-state index is -0.238. The highest BCUT2D eigenvalue weighted by Gasteiger charge is 2.20. The van der Waals surface area contributed by atoms with Gasteiger partial charge in [-0.15, -0.1) is 11.3 Å². The van der Waals surface area contributed by atoms with Crippen molar-refractivity contribution in [2.24, 2.45) is 0 Å². The van der Waals surface area contributed by atoms with Crippen LogP contribution in [0.5, 0.6) is 0 Å². The molecule has 1 aromatic carbocycles. The van der Waals surface area contributed by atoms with Gasteiger partial charge in [-0.05, 0) is 43.6 Å². The second-order valence-electron chi connectivity index (χ2n) is 7.02. The fourth-order valence-electron chi connectivity index (χ4n) is 3.09. The van der Waals surface area contributed by atoms with Gasteiger partial charge in [0, 0.05) is 44.3 Å². The number of hydrogen-bond donors (Lipinski definition) is 2. The Bertz CT molecular complexity index is 820. The van der Waals surface area contributed by atoms with Crippen molar-refractivity contribution < 1.29 is 9.59 Å². The summed E-state index contributed by atoms with van der Waals surface area (Å²) in [5.74, 6) is -0.414. The van der Waals surface area contributed by atoms with E-state index < -0.39 is 0 Å². The summed E-state index contributed by atoms with van der Waals surface area (Å²) in [7, 11) is 2.12. The third-order valence-corrected chi connectivity index (χ3v) is 6.14. The fourth-order valence-corrected chi connectivity index (χ4v) is 3.87. The first-order valence-electron chi connectivity index (χ1n) is 9.29. The Morgan fingerprint density at radius 1 is 1.18 bits per heavy atom. The maximum absolute atomic E-state index is 12.6. The van der Waals surface area contributed by atoms with Gasteiger partial charge in [-0.25, -0.2) is 0 Å². The fraction of sp³-hybridized carbons (Fsp3) is 0.400. The van der Waals surface area contributed by atoms with Crippen molar-refractivity contribution >= 4 is 40.4 Å². The smallest absolute Gasteiger partial charge is 0.265 e. The Balaban J connectivity index is 1.58. The summed E-state index contributed by atoms with van der Waals surface area (Å²) in [5, 5.41) is 7.99. The first-order valence-corrected chi connectivity index (χ1v) is 10.5. The van der Waals surface area contributed by atoms with Crippen molar-refractivity contribution in [3.05, 3.63) is 51.2 Å². The molecule has 1 aromatic heterocycles. The van der Waals surface area contributed by atoms with Crippen LogP contribution in [0.3, 0.4) is 0 Å².